The van der Waals surface area contributed by atoms with Gasteiger partial charge in [0.15, 0.2) is 0 Å². The van der Waals surface area contributed by atoms with E-state index in [1.165, 1.54) is 23.8 Å². The van der Waals surface area contributed by atoms with E-state index in [4.69, 9.17) is 32.7 Å². The van der Waals surface area contributed by atoms with Gasteiger partial charge in [-0.3, -0.25) is 14.6 Å². The summed E-state index contributed by atoms with van der Waals surface area (Å²) in [4.78, 5) is 28.5. The summed E-state index contributed by atoms with van der Waals surface area (Å²) in [5.74, 6) is -1.22. The molecule has 1 amide bonds. The number of hydrogen-bond donors (Lipinski definition) is 2. The average molecular weight is 517 g/mol. The standard InChI is InChI=1S/C20H22Cl2N4O6S/c1-31-20(28)17(25-33(29,30)26-6-8-32-9-7-26)10-13-2-4-14(5-3-13)24-19(27)18-15(21)11-23-12-16(18)22/h2-5,11-12,17,25H,6-10H2,1H3,(H,24,27). The number of morpholine rings is 1. The van der Waals surface area contributed by atoms with Gasteiger partial charge in [-0.25, -0.2) is 0 Å². The van der Waals surface area contributed by atoms with E-state index in [1.54, 1.807) is 24.3 Å². The molecule has 3 rings (SSSR count). The summed E-state index contributed by atoms with van der Waals surface area (Å²) in [7, 11) is -2.72. The normalized spacial score (nSPS) is 15.6. The van der Waals surface area contributed by atoms with Crippen LogP contribution >= 0.6 is 23.2 Å². The molecular formula is C20H22Cl2N4O6S. The van der Waals surface area contributed by atoms with Crippen molar-refractivity contribution in [3.8, 4) is 0 Å². The number of ether oxygens (including phenoxy) is 2. The van der Waals surface area contributed by atoms with Crippen molar-refractivity contribution in [3.63, 3.8) is 0 Å². The zero-order valence-corrected chi connectivity index (χ0v) is 19.9. The van der Waals surface area contributed by atoms with Gasteiger partial charge in [-0.05, 0) is 24.1 Å². The van der Waals surface area contributed by atoms with Crippen LogP contribution in [-0.4, -0.2) is 69.0 Å². The Labute approximate surface area is 201 Å². The van der Waals surface area contributed by atoms with E-state index in [0.29, 0.717) is 11.3 Å². The van der Waals surface area contributed by atoms with Crippen molar-refractivity contribution in [2.24, 2.45) is 0 Å². The molecule has 2 heterocycles. The van der Waals surface area contributed by atoms with E-state index < -0.39 is 28.1 Å². The van der Waals surface area contributed by atoms with Crippen LogP contribution in [0.15, 0.2) is 36.7 Å². The number of hydrogen-bond acceptors (Lipinski definition) is 7. The second kappa shape index (κ2) is 11.2. The molecular weight excluding hydrogens is 495 g/mol. The predicted octanol–water partition coefficient (Wildman–Crippen LogP) is 1.89. The summed E-state index contributed by atoms with van der Waals surface area (Å²) in [6, 6.07) is 5.41. The van der Waals surface area contributed by atoms with Gasteiger partial charge in [0, 0.05) is 31.2 Å². The summed E-state index contributed by atoms with van der Waals surface area (Å²) >= 11 is 12.0. The molecule has 1 fully saturated rings. The molecule has 1 atom stereocenters. The molecule has 178 valence electrons. The molecule has 2 N–H and O–H groups in total. The van der Waals surface area contributed by atoms with Gasteiger partial charge in [-0.1, -0.05) is 35.3 Å². The Morgan fingerprint density at radius 1 is 1.15 bits per heavy atom. The molecule has 0 bridgehead atoms. The molecule has 33 heavy (non-hydrogen) atoms. The van der Waals surface area contributed by atoms with Gasteiger partial charge in [0.2, 0.25) is 0 Å². The van der Waals surface area contributed by atoms with Crippen molar-refractivity contribution in [1.29, 1.82) is 0 Å². The van der Waals surface area contributed by atoms with Crippen LogP contribution in [-0.2, 0) is 30.9 Å². The fourth-order valence-electron chi connectivity index (χ4n) is 3.14. The summed E-state index contributed by atoms with van der Waals surface area (Å²) < 4.78 is 38.9. The highest BCUT2D eigenvalue weighted by atomic mass is 35.5. The highest BCUT2D eigenvalue weighted by Gasteiger charge is 2.31. The molecule has 0 saturated carbocycles. The molecule has 1 saturated heterocycles. The average Bonchev–Trinajstić information content (AvgIpc) is 2.79. The first-order valence-electron chi connectivity index (χ1n) is 9.83. The summed E-state index contributed by atoms with van der Waals surface area (Å²) in [6.45, 7) is 0.964. The molecule has 1 aromatic carbocycles. The van der Waals surface area contributed by atoms with Gasteiger partial charge < -0.3 is 14.8 Å². The van der Waals surface area contributed by atoms with Crippen LogP contribution in [0.4, 0.5) is 5.69 Å². The van der Waals surface area contributed by atoms with Crippen LogP contribution in [0.1, 0.15) is 15.9 Å². The summed E-state index contributed by atoms with van der Waals surface area (Å²) in [5, 5.41) is 2.91. The zero-order chi connectivity index (χ0) is 24.0. The Balaban J connectivity index is 1.69. The molecule has 1 unspecified atom stereocenters. The van der Waals surface area contributed by atoms with Crippen LogP contribution < -0.4 is 10.0 Å². The number of anilines is 1. The fraction of sp³-hybridized carbons (Fsp3) is 0.350. The number of aromatic nitrogens is 1. The van der Waals surface area contributed by atoms with Gasteiger partial charge in [0.1, 0.15) is 6.04 Å². The van der Waals surface area contributed by atoms with Crippen molar-refractivity contribution in [1.82, 2.24) is 14.0 Å². The third-order valence-corrected chi connectivity index (χ3v) is 7.02. The van der Waals surface area contributed by atoms with Crippen LogP contribution in [0.25, 0.3) is 0 Å². The number of esters is 1. The maximum absolute atomic E-state index is 12.6. The predicted molar refractivity (Wildman–Crippen MR) is 123 cm³/mol. The third-order valence-electron chi connectivity index (χ3n) is 4.82. The van der Waals surface area contributed by atoms with Crippen molar-refractivity contribution in [2.45, 2.75) is 12.5 Å². The quantitative estimate of drug-likeness (QED) is 0.512. The highest BCUT2D eigenvalue weighted by Crippen LogP contribution is 2.24. The molecule has 1 aliphatic heterocycles. The second-order valence-electron chi connectivity index (χ2n) is 7.04. The highest BCUT2D eigenvalue weighted by molar-refractivity contribution is 7.87. The molecule has 2 aromatic rings. The van der Waals surface area contributed by atoms with Crippen LogP contribution in [0.3, 0.4) is 0 Å². The third kappa shape index (κ3) is 6.62. The lowest BCUT2D eigenvalue weighted by atomic mass is 10.1. The lowest BCUT2D eigenvalue weighted by molar-refractivity contribution is -0.142. The number of nitrogens with one attached hydrogen (secondary N) is 2. The van der Waals surface area contributed by atoms with Gasteiger partial charge in [0.05, 0.1) is 35.9 Å². The largest absolute Gasteiger partial charge is 0.468 e. The number of pyridine rings is 1. The molecule has 1 aliphatic rings. The maximum Gasteiger partial charge on any atom is 0.324 e. The SMILES string of the molecule is COC(=O)C(Cc1ccc(NC(=O)c2c(Cl)cncc2Cl)cc1)NS(=O)(=O)N1CCOCC1. The zero-order valence-electron chi connectivity index (χ0n) is 17.6. The minimum Gasteiger partial charge on any atom is -0.468 e. The van der Waals surface area contributed by atoms with Crippen LogP contribution in [0, 0.1) is 0 Å². The fourth-order valence-corrected chi connectivity index (χ4v) is 4.99. The van der Waals surface area contributed by atoms with E-state index in [-0.39, 0.29) is 48.3 Å². The lowest BCUT2D eigenvalue weighted by Crippen LogP contribution is -2.52. The molecule has 0 spiro atoms. The van der Waals surface area contributed by atoms with Crippen LogP contribution in [0.2, 0.25) is 10.0 Å². The van der Waals surface area contributed by atoms with Gasteiger partial charge in [-0.2, -0.15) is 17.4 Å². The minimum atomic E-state index is -3.91. The van der Waals surface area contributed by atoms with E-state index >= 15 is 0 Å². The Bertz CT molecular complexity index is 1090. The Morgan fingerprint density at radius 2 is 1.76 bits per heavy atom. The van der Waals surface area contributed by atoms with Crippen molar-refractivity contribution < 1.29 is 27.5 Å². The van der Waals surface area contributed by atoms with Crippen molar-refractivity contribution in [3.05, 3.63) is 57.8 Å². The number of benzene rings is 1. The molecule has 0 radical (unpaired) electrons. The first-order valence-corrected chi connectivity index (χ1v) is 12.0. The number of halogens is 2. The smallest absolute Gasteiger partial charge is 0.324 e. The molecule has 13 heteroatoms. The first-order chi connectivity index (χ1) is 15.7. The van der Waals surface area contributed by atoms with Crippen molar-refractivity contribution >= 4 is 51.0 Å². The summed E-state index contributed by atoms with van der Waals surface area (Å²) in [6.07, 6.45) is 2.68. The van der Waals surface area contributed by atoms with Gasteiger partial charge in [0.25, 0.3) is 16.1 Å². The number of rotatable bonds is 8. The second-order valence-corrected chi connectivity index (χ2v) is 9.56. The van der Waals surface area contributed by atoms with E-state index in [0.717, 1.165) is 0 Å². The summed E-state index contributed by atoms with van der Waals surface area (Å²) in [5.41, 5.74) is 1.20. The Hall–Kier alpha value is -2.28. The number of carbonyl (C=O) groups is 2. The van der Waals surface area contributed by atoms with Crippen LogP contribution in [0.5, 0.6) is 0 Å². The van der Waals surface area contributed by atoms with Gasteiger partial charge in [-0.15, -0.1) is 0 Å². The number of methoxy groups -OCH3 is 1. The molecule has 0 aliphatic carbocycles. The lowest BCUT2D eigenvalue weighted by Gasteiger charge is -2.28. The van der Waals surface area contributed by atoms with E-state index in [9.17, 15) is 18.0 Å². The number of carbonyl (C=O) groups excluding carboxylic acids is 2. The molecule has 1 aromatic heterocycles. The van der Waals surface area contributed by atoms with Crippen molar-refractivity contribution in [2.75, 3.05) is 38.7 Å². The first kappa shape index (κ1) is 25.3. The molecule has 10 nitrogen and oxygen atoms in total. The van der Waals surface area contributed by atoms with E-state index in [1.807, 2.05) is 0 Å². The number of amides is 1. The Kier molecular flexibility index (Phi) is 8.63. The Morgan fingerprint density at radius 3 is 2.33 bits per heavy atom. The van der Waals surface area contributed by atoms with E-state index in [2.05, 4.69) is 15.0 Å². The minimum absolute atomic E-state index is 0.0481. The maximum atomic E-state index is 12.6. The monoisotopic (exact) mass is 516 g/mol. The topological polar surface area (TPSA) is 127 Å². The number of nitrogens with zero attached hydrogens (tertiary/aromatic N) is 2. The van der Waals surface area contributed by atoms with Gasteiger partial charge >= 0.3 is 5.97 Å².